The molecule has 30 heavy (non-hydrogen) atoms. The van der Waals surface area contributed by atoms with Gasteiger partial charge in [0.2, 0.25) is 0 Å². The Hall–Kier alpha value is -2.57. The lowest BCUT2D eigenvalue weighted by Gasteiger charge is -2.28. The van der Waals surface area contributed by atoms with Gasteiger partial charge in [0.1, 0.15) is 5.75 Å². The molecular weight excluding hydrogens is 376 g/mol. The summed E-state index contributed by atoms with van der Waals surface area (Å²) in [6.45, 7) is 6.98. The number of aliphatic imine (C=N–C) groups is 1. The number of ether oxygens (including phenoxy) is 2. The lowest BCUT2D eigenvalue weighted by atomic mass is 9.93. The molecule has 1 fully saturated rings. The van der Waals surface area contributed by atoms with Gasteiger partial charge in [-0.15, -0.1) is 0 Å². The van der Waals surface area contributed by atoms with Crippen LogP contribution < -0.4 is 15.4 Å². The second-order valence-corrected chi connectivity index (χ2v) is 7.84. The highest BCUT2D eigenvalue weighted by Crippen LogP contribution is 2.32. The first kappa shape index (κ1) is 20.7. The van der Waals surface area contributed by atoms with E-state index in [0.717, 1.165) is 70.7 Å². The van der Waals surface area contributed by atoms with Gasteiger partial charge in [0.15, 0.2) is 5.96 Å². The number of nitrogens with zero attached hydrogens (tertiary/aromatic N) is 2. The normalized spacial score (nSPS) is 19.6. The minimum Gasteiger partial charge on any atom is -0.493 e. The maximum Gasteiger partial charge on any atom is 0.191 e. The highest BCUT2D eigenvalue weighted by atomic mass is 16.5. The molecule has 2 aliphatic heterocycles. The van der Waals surface area contributed by atoms with Crippen LogP contribution in [0, 0.1) is 0 Å². The Balaban J connectivity index is 1.32. The van der Waals surface area contributed by atoms with Crippen molar-refractivity contribution in [3.8, 4) is 5.75 Å². The lowest BCUT2D eigenvalue weighted by molar-refractivity contribution is 0.0341. The molecule has 0 bridgehead atoms. The fourth-order valence-corrected chi connectivity index (χ4v) is 4.13. The number of para-hydroxylation sites is 1. The van der Waals surface area contributed by atoms with Gasteiger partial charge in [0.25, 0.3) is 0 Å². The fourth-order valence-electron chi connectivity index (χ4n) is 4.13. The van der Waals surface area contributed by atoms with Gasteiger partial charge >= 0.3 is 0 Å². The minimum atomic E-state index is 0.433. The number of fused-ring (bicyclic) bond motifs is 1. The summed E-state index contributed by atoms with van der Waals surface area (Å²) in [5.74, 6) is 2.28. The summed E-state index contributed by atoms with van der Waals surface area (Å²) in [4.78, 5) is 6.88. The number of nitrogens with one attached hydrogen (secondary N) is 2. The van der Waals surface area contributed by atoms with E-state index in [-0.39, 0.29) is 0 Å². The second kappa shape index (κ2) is 10.5. The van der Waals surface area contributed by atoms with E-state index in [9.17, 15) is 0 Å². The zero-order valence-corrected chi connectivity index (χ0v) is 17.8. The van der Waals surface area contributed by atoms with Crippen LogP contribution in [-0.4, -0.2) is 57.4 Å². The Bertz CT molecular complexity index is 849. The summed E-state index contributed by atoms with van der Waals surface area (Å²) in [5.41, 5.74) is 3.95. The van der Waals surface area contributed by atoms with E-state index in [2.05, 4.69) is 63.0 Å². The fraction of sp³-hybridized carbons (Fsp3) is 0.458. The van der Waals surface area contributed by atoms with Crippen LogP contribution in [0.15, 0.2) is 53.5 Å². The van der Waals surface area contributed by atoms with E-state index in [4.69, 9.17) is 9.47 Å². The molecule has 0 saturated carbocycles. The van der Waals surface area contributed by atoms with Gasteiger partial charge in [-0.3, -0.25) is 9.89 Å². The first-order valence-corrected chi connectivity index (χ1v) is 10.9. The molecule has 1 unspecified atom stereocenters. The smallest absolute Gasteiger partial charge is 0.191 e. The van der Waals surface area contributed by atoms with Crippen molar-refractivity contribution in [3.63, 3.8) is 0 Å². The van der Waals surface area contributed by atoms with E-state index >= 15 is 0 Å². The molecule has 1 atom stereocenters. The molecule has 160 valence electrons. The van der Waals surface area contributed by atoms with Gasteiger partial charge in [0.05, 0.1) is 19.8 Å². The summed E-state index contributed by atoms with van der Waals surface area (Å²) in [6, 6.07) is 17.0. The molecular formula is C24H32N4O2. The largest absolute Gasteiger partial charge is 0.493 e. The standard InChI is InChI=1S/C24H32N4O2/c1-25-24(27-17-20-10-13-30-23-9-5-4-8-22(20)23)26-16-19-6-2-3-7-21(19)18-28-11-14-29-15-12-28/h2-9,20H,10-18H2,1H3,(H2,25,26,27). The summed E-state index contributed by atoms with van der Waals surface area (Å²) in [6.07, 6.45) is 1.02. The van der Waals surface area contributed by atoms with Gasteiger partial charge in [-0.25, -0.2) is 0 Å². The zero-order valence-electron chi connectivity index (χ0n) is 17.8. The van der Waals surface area contributed by atoms with Crippen molar-refractivity contribution in [1.29, 1.82) is 0 Å². The molecule has 0 spiro atoms. The van der Waals surface area contributed by atoms with Crippen molar-refractivity contribution in [2.24, 2.45) is 4.99 Å². The van der Waals surface area contributed by atoms with Crippen LogP contribution >= 0.6 is 0 Å². The number of hydrogen-bond acceptors (Lipinski definition) is 4. The Morgan fingerprint density at radius 3 is 2.60 bits per heavy atom. The van der Waals surface area contributed by atoms with Crippen molar-refractivity contribution < 1.29 is 9.47 Å². The molecule has 2 aromatic rings. The molecule has 0 radical (unpaired) electrons. The highest BCUT2D eigenvalue weighted by molar-refractivity contribution is 5.79. The molecule has 6 heteroatoms. The van der Waals surface area contributed by atoms with Gasteiger partial charge in [0, 0.05) is 45.7 Å². The van der Waals surface area contributed by atoms with Gasteiger partial charge in [-0.1, -0.05) is 42.5 Å². The predicted molar refractivity (Wildman–Crippen MR) is 120 cm³/mol. The summed E-state index contributed by atoms with van der Waals surface area (Å²) in [7, 11) is 1.83. The van der Waals surface area contributed by atoms with Crippen molar-refractivity contribution in [2.45, 2.75) is 25.4 Å². The van der Waals surface area contributed by atoms with Crippen molar-refractivity contribution in [1.82, 2.24) is 15.5 Å². The molecule has 2 aliphatic rings. The molecule has 2 heterocycles. The van der Waals surface area contributed by atoms with Crippen molar-refractivity contribution >= 4 is 5.96 Å². The van der Waals surface area contributed by atoms with Crippen LogP contribution in [0.3, 0.4) is 0 Å². The van der Waals surface area contributed by atoms with E-state index in [1.165, 1.54) is 16.7 Å². The molecule has 6 nitrogen and oxygen atoms in total. The second-order valence-electron chi connectivity index (χ2n) is 7.84. The maximum absolute atomic E-state index is 5.78. The van der Waals surface area contributed by atoms with Gasteiger partial charge < -0.3 is 20.1 Å². The number of guanidine groups is 1. The van der Waals surface area contributed by atoms with Gasteiger partial charge in [-0.2, -0.15) is 0 Å². The number of hydrogen-bond donors (Lipinski definition) is 2. The maximum atomic E-state index is 5.78. The van der Waals surface area contributed by atoms with Crippen molar-refractivity contribution in [3.05, 3.63) is 65.2 Å². The SMILES string of the molecule is CN=C(NCc1ccccc1CN1CCOCC1)NCC1CCOc2ccccc21. The van der Waals surface area contributed by atoms with Crippen LogP contribution in [0.25, 0.3) is 0 Å². The Morgan fingerprint density at radius 1 is 1.00 bits per heavy atom. The summed E-state index contributed by atoms with van der Waals surface area (Å²) < 4.78 is 11.3. The lowest BCUT2D eigenvalue weighted by Crippen LogP contribution is -2.40. The van der Waals surface area contributed by atoms with E-state index < -0.39 is 0 Å². The first-order valence-electron chi connectivity index (χ1n) is 10.9. The topological polar surface area (TPSA) is 58.1 Å². The third kappa shape index (κ3) is 5.32. The first-order chi connectivity index (χ1) is 14.8. The van der Waals surface area contributed by atoms with Crippen LogP contribution in [0.2, 0.25) is 0 Å². The average Bonchev–Trinajstić information content (AvgIpc) is 2.81. The molecule has 2 aromatic carbocycles. The van der Waals surface area contributed by atoms with Crippen LogP contribution in [0.1, 0.15) is 29.0 Å². The molecule has 4 rings (SSSR count). The van der Waals surface area contributed by atoms with Crippen LogP contribution in [0.4, 0.5) is 0 Å². The van der Waals surface area contributed by atoms with E-state index in [1.54, 1.807) is 0 Å². The third-order valence-corrected chi connectivity index (χ3v) is 5.88. The van der Waals surface area contributed by atoms with Crippen LogP contribution in [0.5, 0.6) is 5.75 Å². The van der Waals surface area contributed by atoms with Gasteiger partial charge in [-0.05, 0) is 29.2 Å². The Morgan fingerprint density at radius 2 is 1.77 bits per heavy atom. The molecule has 0 amide bonds. The Labute approximate surface area is 179 Å². The average molecular weight is 409 g/mol. The quantitative estimate of drug-likeness (QED) is 0.569. The predicted octanol–water partition coefficient (Wildman–Crippen LogP) is 2.75. The number of morpholine rings is 1. The molecule has 0 aromatic heterocycles. The monoisotopic (exact) mass is 408 g/mol. The van der Waals surface area contributed by atoms with Crippen LogP contribution in [-0.2, 0) is 17.8 Å². The summed E-state index contributed by atoms with van der Waals surface area (Å²) >= 11 is 0. The number of benzene rings is 2. The highest BCUT2D eigenvalue weighted by Gasteiger charge is 2.21. The molecule has 2 N–H and O–H groups in total. The zero-order chi connectivity index (χ0) is 20.6. The third-order valence-electron chi connectivity index (χ3n) is 5.88. The molecule has 1 saturated heterocycles. The summed E-state index contributed by atoms with van der Waals surface area (Å²) in [5, 5.41) is 7.00. The Kier molecular flexibility index (Phi) is 7.21. The molecule has 0 aliphatic carbocycles. The van der Waals surface area contributed by atoms with E-state index in [0.29, 0.717) is 5.92 Å². The van der Waals surface area contributed by atoms with Crippen molar-refractivity contribution in [2.75, 3.05) is 46.5 Å². The number of rotatable bonds is 6. The minimum absolute atomic E-state index is 0.433. The van der Waals surface area contributed by atoms with E-state index in [1.807, 2.05) is 13.1 Å².